The molecule has 0 spiro atoms. The van der Waals surface area contributed by atoms with Crippen molar-refractivity contribution in [2.24, 2.45) is 28.9 Å². The largest absolute Gasteiger partial charge is 0.353 e. The molecule has 28 heavy (non-hydrogen) atoms. The molecule has 1 aromatic rings. The number of hydrogen-bond acceptors (Lipinski definition) is 3. The van der Waals surface area contributed by atoms with Gasteiger partial charge in [0.25, 0.3) is 0 Å². The van der Waals surface area contributed by atoms with Crippen LogP contribution in [0.5, 0.6) is 0 Å². The number of carbonyl (C=O) groups is 1. The van der Waals surface area contributed by atoms with Crippen molar-refractivity contribution in [1.29, 1.82) is 0 Å². The lowest BCUT2D eigenvalue weighted by Gasteiger charge is -2.43. The highest BCUT2D eigenvalue weighted by molar-refractivity contribution is 7.98. The van der Waals surface area contributed by atoms with E-state index in [-0.39, 0.29) is 5.92 Å². The molecule has 0 heterocycles. The minimum atomic E-state index is 0.238. The molecular weight excluding hydrogens is 364 g/mol. The summed E-state index contributed by atoms with van der Waals surface area (Å²) >= 11 is 1.99. The zero-order valence-electron chi connectivity index (χ0n) is 17.0. The van der Waals surface area contributed by atoms with E-state index in [1.807, 2.05) is 11.8 Å². The Hall–Kier alpha value is -1.00. The molecule has 5 atom stereocenters. The van der Waals surface area contributed by atoms with Crippen LogP contribution in [0, 0.1) is 23.2 Å². The Morgan fingerprint density at radius 2 is 1.89 bits per heavy atom. The molecule has 6 rings (SSSR count). The summed E-state index contributed by atoms with van der Waals surface area (Å²) in [6.07, 6.45) is 11.4. The lowest BCUT2D eigenvalue weighted by atomic mass is 9.62. The van der Waals surface area contributed by atoms with E-state index in [4.69, 9.17) is 5.73 Å². The van der Waals surface area contributed by atoms with E-state index >= 15 is 0 Å². The van der Waals surface area contributed by atoms with Gasteiger partial charge in [0, 0.05) is 18.0 Å². The maximum Gasteiger partial charge on any atom is 0.223 e. The van der Waals surface area contributed by atoms with Gasteiger partial charge in [-0.2, -0.15) is 11.8 Å². The zero-order valence-corrected chi connectivity index (χ0v) is 17.8. The first-order valence-electron chi connectivity index (χ1n) is 11.2. The maximum absolute atomic E-state index is 13.4. The van der Waals surface area contributed by atoms with E-state index in [0.717, 1.165) is 25.7 Å². The van der Waals surface area contributed by atoms with Gasteiger partial charge >= 0.3 is 0 Å². The van der Waals surface area contributed by atoms with Crippen molar-refractivity contribution in [3.05, 3.63) is 35.9 Å². The van der Waals surface area contributed by atoms with Crippen LogP contribution in [-0.4, -0.2) is 30.0 Å². The van der Waals surface area contributed by atoms with Gasteiger partial charge in [0.15, 0.2) is 0 Å². The second kappa shape index (κ2) is 7.05. The van der Waals surface area contributed by atoms with Crippen molar-refractivity contribution in [2.45, 2.75) is 68.9 Å². The van der Waals surface area contributed by atoms with Gasteiger partial charge in [0.1, 0.15) is 0 Å². The highest BCUT2D eigenvalue weighted by Crippen LogP contribution is 2.73. The van der Waals surface area contributed by atoms with Crippen LogP contribution in [0.4, 0.5) is 0 Å². The summed E-state index contributed by atoms with van der Waals surface area (Å²) < 4.78 is 0. The topological polar surface area (TPSA) is 55.1 Å². The molecule has 0 saturated heterocycles. The van der Waals surface area contributed by atoms with Gasteiger partial charge in [-0.05, 0) is 91.6 Å². The van der Waals surface area contributed by atoms with Crippen LogP contribution < -0.4 is 11.1 Å². The van der Waals surface area contributed by atoms with Gasteiger partial charge in [-0.25, -0.2) is 0 Å². The van der Waals surface area contributed by atoms with E-state index in [9.17, 15) is 4.79 Å². The van der Waals surface area contributed by atoms with Crippen LogP contribution >= 0.6 is 11.8 Å². The summed E-state index contributed by atoms with van der Waals surface area (Å²) in [6.45, 7) is 0. The predicted octanol–water partition coefficient (Wildman–Crippen LogP) is 4.11. The second-order valence-corrected chi connectivity index (χ2v) is 11.1. The van der Waals surface area contributed by atoms with Crippen molar-refractivity contribution in [2.75, 3.05) is 12.0 Å². The van der Waals surface area contributed by atoms with Gasteiger partial charge in [0.2, 0.25) is 5.91 Å². The number of nitrogens with one attached hydrogen (secondary N) is 1. The second-order valence-electron chi connectivity index (χ2n) is 10.2. The minimum Gasteiger partial charge on any atom is -0.353 e. The quantitative estimate of drug-likeness (QED) is 0.785. The molecule has 5 aliphatic carbocycles. The lowest BCUT2D eigenvalue weighted by Crippen LogP contribution is -2.47. The van der Waals surface area contributed by atoms with Gasteiger partial charge in [-0.3, -0.25) is 4.79 Å². The molecular formula is C24H34N2OS. The summed E-state index contributed by atoms with van der Waals surface area (Å²) in [7, 11) is 0. The Bertz CT molecular complexity index is 731. The molecule has 3 nitrogen and oxygen atoms in total. The lowest BCUT2D eigenvalue weighted by molar-refractivity contribution is -0.129. The molecule has 5 aliphatic rings. The van der Waals surface area contributed by atoms with E-state index in [1.54, 1.807) is 0 Å². The van der Waals surface area contributed by atoms with Crippen molar-refractivity contribution in [3.8, 4) is 0 Å². The number of amides is 1. The van der Waals surface area contributed by atoms with E-state index in [0.29, 0.717) is 40.7 Å². The van der Waals surface area contributed by atoms with Crippen molar-refractivity contribution >= 4 is 17.7 Å². The molecule has 152 valence electrons. The third kappa shape index (κ3) is 2.94. The molecule has 0 aromatic heterocycles. The summed E-state index contributed by atoms with van der Waals surface area (Å²) in [5, 5.41) is 3.46. The predicted molar refractivity (Wildman–Crippen MR) is 116 cm³/mol. The fourth-order valence-corrected chi connectivity index (χ4v) is 8.68. The summed E-state index contributed by atoms with van der Waals surface area (Å²) in [5.41, 5.74) is 8.26. The Morgan fingerprint density at radius 3 is 2.61 bits per heavy atom. The van der Waals surface area contributed by atoms with Gasteiger partial charge in [-0.1, -0.05) is 30.3 Å². The fraction of sp³-hybridized carbons (Fsp3) is 0.708. The summed E-state index contributed by atoms with van der Waals surface area (Å²) in [6, 6.07) is 11.9. The monoisotopic (exact) mass is 398 g/mol. The van der Waals surface area contributed by atoms with Crippen molar-refractivity contribution < 1.29 is 4.79 Å². The average Bonchev–Trinajstić information content (AvgIpc) is 3.05. The molecule has 5 saturated carbocycles. The number of carbonyl (C=O) groups excluding carboxylic acids is 1. The molecule has 4 heteroatoms. The third-order valence-corrected chi connectivity index (χ3v) is 9.45. The van der Waals surface area contributed by atoms with E-state index < -0.39 is 0 Å². The minimum absolute atomic E-state index is 0.238. The smallest absolute Gasteiger partial charge is 0.223 e. The van der Waals surface area contributed by atoms with E-state index in [2.05, 4.69) is 41.9 Å². The summed E-state index contributed by atoms with van der Waals surface area (Å²) in [4.78, 5) is 13.4. The van der Waals surface area contributed by atoms with E-state index in [1.165, 1.54) is 37.0 Å². The Balaban J connectivity index is 1.38. The van der Waals surface area contributed by atoms with Crippen LogP contribution in [-0.2, 0) is 10.2 Å². The highest BCUT2D eigenvalue weighted by atomic mass is 32.2. The van der Waals surface area contributed by atoms with Crippen LogP contribution in [0.3, 0.4) is 0 Å². The first kappa shape index (κ1) is 19.0. The standard InChI is InChI=1S/C24H34N2OS/c1-28-15-24-12-16-11-23(14-24,17-5-3-2-4-6-17)13-20(24)21(16)22(27)26-19-9-7-18(25)8-10-19/h2-6,16,18-21H,7-15,25H2,1H3,(H,26,27). The van der Waals surface area contributed by atoms with Crippen LogP contribution in [0.15, 0.2) is 30.3 Å². The molecule has 0 radical (unpaired) electrons. The molecule has 5 unspecified atom stereocenters. The molecule has 3 N–H and O–H groups in total. The zero-order chi connectivity index (χ0) is 19.4. The number of rotatable bonds is 5. The Kier molecular flexibility index (Phi) is 4.78. The van der Waals surface area contributed by atoms with Crippen LogP contribution in [0.2, 0.25) is 0 Å². The molecule has 0 aliphatic heterocycles. The average molecular weight is 399 g/mol. The van der Waals surface area contributed by atoms with Gasteiger partial charge < -0.3 is 11.1 Å². The molecule has 1 aromatic carbocycles. The Morgan fingerprint density at radius 1 is 1.14 bits per heavy atom. The fourth-order valence-electron chi connectivity index (χ4n) is 7.67. The first-order valence-corrected chi connectivity index (χ1v) is 12.6. The van der Waals surface area contributed by atoms with Crippen LogP contribution in [0.1, 0.15) is 56.9 Å². The normalized spacial score (nSPS) is 44.0. The summed E-state index contributed by atoms with van der Waals surface area (Å²) in [5.74, 6) is 2.93. The SMILES string of the molecule is CSCC12CC3CC(c4ccccc4)(CC1C3C(=O)NC1CCC(N)CC1)C2. The number of benzene rings is 1. The van der Waals surface area contributed by atoms with Gasteiger partial charge in [0.05, 0.1) is 0 Å². The number of nitrogens with two attached hydrogens (primary N) is 1. The number of thioether (sulfide) groups is 1. The Labute approximate surface area is 173 Å². The third-order valence-electron chi connectivity index (χ3n) is 8.59. The maximum atomic E-state index is 13.4. The first-order chi connectivity index (χ1) is 13.6. The molecule has 4 bridgehead atoms. The van der Waals surface area contributed by atoms with Crippen LogP contribution in [0.25, 0.3) is 0 Å². The molecule has 1 amide bonds. The van der Waals surface area contributed by atoms with Crippen molar-refractivity contribution in [3.63, 3.8) is 0 Å². The van der Waals surface area contributed by atoms with Gasteiger partial charge in [-0.15, -0.1) is 0 Å². The number of hydrogen-bond donors (Lipinski definition) is 2. The highest BCUT2D eigenvalue weighted by Gasteiger charge is 2.69. The molecule has 5 fully saturated rings. The van der Waals surface area contributed by atoms with Crippen molar-refractivity contribution in [1.82, 2.24) is 5.32 Å².